The molecule has 2 aromatic carbocycles. The Bertz CT molecular complexity index is 1540. The van der Waals surface area contributed by atoms with Crippen LogP contribution in [-0.4, -0.2) is 65.3 Å². The van der Waals surface area contributed by atoms with Gasteiger partial charge in [0, 0.05) is 74.2 Å². The van der Waals surface area contributed by atoms with E-state index in [0.717, 1.165) is 61.0 Å². The topological polar surface area (TPSA) is 53.8 Å². The van der Waals surface area contributed by atoms with Gasteiger partial charge < -0.3 is 14.5 Å². The maximum absolute atomic E-state index is 13.3. The van der Waals surface area contributed by atoms with Gasteiger partial charge in [-0.1, -0.05) is 18.2 Å². The van der Waals surface area contributed by atoms with Crippen molar-refractivity contribution in [2.45, 2.75) is 47.2 Å². The first-order chi connectivity index (χ1) is 20.1. The minimum absolute atomic E-state index is 0.00897. The lowest BCUT2D eigenvalue weighted by molar-refractivity contribution is -0.134. The molecular formula is C34H43N5O2S. The molecule has 0 radical (unpaired) electrons. The van der Waals surface area contributed by atoms with Gasteiger partial charge in [-0.05, 0) is 87.0 Å². The molecule has 3 heterocycles. The second kappa shape index (κ2) is 12.7. The number of nitrogens with zero attached hydrogens (tertiary/aromatic N) is 5. The first-order valence-electron chi connectivity index (χ1n) is 14.7. The molecule has 4 aromatic rings. The van der Waals surface area contributed by atoms with Crippen LogP contribution in [0.4, 0.5) is 5.69 Å². The Kier molecular flexibility index (Phi) is 9.04. The summed E-state index contributed by atoms with van der Waals surface area (Å²) in [5, 5.41) is 6.64. The molecular weight excluding hydrogens is 542 g/mol. The van der Waals surface area contributed by atoms with Crippen molar-refractivity contribution in [3.63, 3.8) is 0 Å². The minimum atomic E-state index is -0.0937. The summed E-state index contributed by atoms with van der Waals surface area (Å²) < 4.78 is 8.13. The standard InChI is InChI=1S/C34H43N5O2S/c1-23-10-8-11-30(24(23)2)39-17-15-38(16-18-39)21-29-20-28(32-12-9-19-42-32)13-14-31(29)41-22-33(40)36(6)26(4)34-25(3)35-37(7)27(34)5/h8-14,19-20,26H,15-18,21-22H2,1-7H3/t26-/m0/s1. The molecule has 5 rings (SSSR count). The van der Waals surface area contributed by atoms with Crippen molar-refractivity contribution in [2.75, 3.05) is 44.7 Å². The van der Waals surface area contributed by atoms with E-state index in [0.29, 0.717) is 0 Å². The summed E-state index contributed by atoms with van der Waals surface area (Å²) in [6.07, 6.45) is 0. The molecule has 0 aliphatic carbocycles. The molecule has 2 aromatic heterocycles. The number of anilines is 1. The van der Waals surface area contributed by atoms with E-state index in [-0.39, 0.29) is 18.6 Å². The van der Waals surface area contributed by atoms with Crippen molar-refractivity contribution in [3.8, 4) is 16.2 Å². The van der Waals surface area contributed by atoms with Crippen LogP contribution in [0.2, 0.25) is 0 Å². The van der Waals surface area contributed by atoms with Gasteiger partial charge in [-0.25, -0.2) is 0 Å². The van der Waals surface area contributed by atoms with Crippen molar-refractivity contribution in [2.24, 2.45) is 7.05 Å². The van der Waals surface area contributed by atoms with Crippen molar-refractivity contribution in [3.05, 3.63) is 87.6 Å². The Morgan fingerprint density at radius 3 is 2.48 bits per heavy atom. The SMILES string of the molecule is Cc1cccc(N2CCN(Cc3cc(-c4cccs4)ccc3OCC(=O)N(C)[C@@H](C)c3c(C)nn(C)c3C)CC2)c1C. The average Bonchev–Trinajstić information content (AvgIpc) is 3.61. The molecule has 1 atom stereocenters. The quantitative estimate of drug-likeness (QED) is 0.231. The van der Waals surface area contributed by atoms with Crippen LogP contribution >= 0.6 is 11.3 Å². The van der Waals surface area contributed by atoms with Gasteiger partial charge in [-0.15, -0.1) is 11.3 Å². The maximum Gasteiger partial charge on any atom is 0.260 e. The fourth-order valence-corrected chi connectivity index (χ4v) is 6.68. The molecule has 8 heteroatoms. The molecule has 1 amide bonds. The highest BCUT2D eigenvalue weighted by molar-refractivity contribution is 7.13. The minimum Gasteiger partial charge on any atom is -0.483 e. The van der Waals surface area contributed by atoms with E-state index in [4.69, 9.17) is 4.74 Å². The number of carbonyl (C=O) groups excluding carboxylic acids is 1. The first-order valence-corrected chi connectivity index (χ1v) is 15.6. The van der Waals surface area contributed by atoms with Crippen LogP contribution < -0.4 is 9.64 Å². The van der Waals surface area contributed by atoms with E-state index in [1.807, 2.05) is 45.6 Å². The highest BCUT2D eigenvalue weighted by Crippen LogP contribution is 2.32. The van der Waals surface area contributed by atoms with Crippen LogP contribution in [0, 0.1) is 27.7 Å². The van der Waals surface area contributed by atoms with Crippen LogP contribution in [0.3, 0.4) is 0 Å². The summed E-state index contributed by atoms with van der Waals surface area (Å²) in [5.74, 6) is 0.719. The predicted octanol–water partition coefficient (Wildman–Crippen LogP) is 6.30. The molecule has 1 saturated heterocycles. The summed E-state index contributed by atoms with van der Waals surface area (Å²) in [6, 6.07) is 17.1. The van der Waals surface area contributed by atoms with Crippen molar-refractivity contribution in [1.82, 2.24) is 19.6 Å². The lowest BCUT2D eigenvalue weighted by Crippen LogP contribution is -2.46. The number of amides is 1. The number of carbonyl (C=O) groups is 1. The average molecular weight is 586 g/mol. The van der Waals surface area contributed by atoms with Crippen molar-refractivity contribution in [1.29, 1.82) is 0 Å². The Hall–Kier alpha value is -3.62. The second-order valence-corrected chi connectivity index (χ2v) is 12.4. The molecule has 1 fully saturated rings. The summed E-state index contributed by atoms with van der Waals surface area (Å²) in [6.45, 7) is 15.2. The first kappa shape index (κ1) is 29.9. The molecule has 1 aliphatic rings. The summed E-state index contributed by atoms with van der Waals surface area (Å²) >= 11 is 1.74. The van der Waals surface area contributed by atoms with E-state index >= 15 is 0 Å². The number of hydrogen-bond donors (Lipinski definition) is 0. The van der Waals surface area contributed by atoms with Gasteiger partial charge in [0.25, 0.3) is 5.91 Å². The van der Waals surface area contributed by atoms with Gasteiger partial charge in [-0.3, -0.25) is 14.4 Å². The van der Waals surface area contributed by atoms with Gasteiger partial charge in [0.15, 0.2) is 6.61 Å². The zero-order valence-electron chi connectivity index (χ0n) is 26.0. The van der Waals surface area contributed by atoms with Gasteiger partial charge in [0.05, 0.1) is 11.7 Å². The molecule has 222 valence electrons. The fraction of sp³-hybridized carbons (Fsp3) is 0.412. The Balaban J connectivity index is 1.28. The normalized spacial score (nSPS) is 14.7. The zero-order chi connectivity index (χ0) is 30.0. The van der Waals surface area contributed by atoms with Crippen LogP contribution in [-0.2, 0) is 18.4 Å². The van der Waals surface area contributed by atoms with E-state index in [1.165, 1.54) is 27.3 Å². The number of likely N-dealkylation sites (N-methyl/N-ethyl adjacent to an activating group) is 1. The van der Waals surface area contributed by atoms with E-state index in [9.17, 15) is 4.79 Å². The van der Waals surface area contributed by atoms with Gasteiger partial charge >= 0.3 is 0 Å². The molecule has 42 heavy (non-hydrogen) atoms. The highest BCUT2D eigenvalue weighted by Gasteiger charge is 2.25. The fourth-order valence-electron chi connectivity index (χ4n) is 5.95. The predicted molar refractivity (Wildman–Crippen MR) is 173 cm³/mol. The molecule has 1 aliphatic heterocycles. The van der Waals surface area contributed by atoms with E-state index < -0.39 is 0 Å². The Morgan fingerprint density at radius 2 is 1.81 bits per heavy atom. The molecule has 0 unspecified atom stereocenters. The summed E-state index contributed by atoms with van der Waals surface area (Å²) in [5.41, 5.74) is 9.45. The second-order valence-electron chi connectivity index (χ2n) is 11.5. The molecule has 7 nitrogen and oxygen atoms in total. The van der Waals surface area contributed by atoms with Gasteiger partial charge in [-0.2, -0.15) is 5.10 Å². The smallest absolute Gasteiger partial charge is 0.260 e. The summed E-state index contributed by atoms with van der Waals surface area (Å²) in [4.78, 5) is 21.3. The number of aryl methyl sites for hydroxylation is 3. The number of thiophene rings is 1. The van der Waals surface area contributed by atoms with Crippen LogP contribution in [0.5, 0.6) is 5.75 Å². The third kappa shape index (κ3) is 6.25. The van der Waals surface area contributed by atoms with Crippen LogP contribution in [0.15, 0.2) is 53.9 Å². The van der Waals surface area contributed by atoms with Crippen molar-refractivity contribution < 1.29 is 9.53 Å². The van der Waals surface area contributed by atoms with Crippen molar-refractivity contribution >= 4 is 22.9 Å². The monoisotopic (exact) mass is 585 g/mol. The Morgan fingerprint density at radius 1 is 1.05 bits per heavy atom. The van der Waals surface area contributed by atoms with E-state index in [1.54, 1.807) is 16.2 Å². The number of benzene rings is 2. The largest absolute Gasteiger partial charge is 0.483 e. The van der Waals surface area contributed by atoms with Gasteiger partial charge in [0.1, 0.15) is 5.75 Å². The zero-order valence-corrected chi connectivity index (χ0v) is 26.8. The third-order valence-corrected chi connectivity index (χ3v) is 9.78. The molecule has 0 saturated carbocycles. The number of rotatable bonds is 9. The maximum atomic E-state index is 13.3. The van der Waals surface area contributed by atoms with Crippen LogP contribution in [0.1, 0.15) is 46.6 Å². The van der Waals surface area contributed by atoms with E-state index in [2.05, 4.69) is 76.6 Å². The molecule has 0 N–H and O–H groups in total. The molecule has 0 spiro atoms. The lowest BCUT2D eigenvalue weighted by atomic mass is 10.1. The lowest BCUT2D eigenvalue weighted by Gasteiger charge is -2.37. The third-order valence-electron chi connectivity index (χ3n) is 8.86. The molecule has 0 bridgehead atoms. The number of ether oxygens (including phenoxy) is 1. The number of piperazine rings is 1. The summed E-state index contributed by atoms with van der Waals surface area (Å²) in [7, 11) is 3.78. The number of aromatic nitrogens is 2. The highest BCUT2D eigenvalue weighted by atomic mass is 32.1. The number of hydrogen-bond acceptors (Lipinski definition) is 6. The Labute approximate surface area is 254 Å². The van der Waals surface area contributed by atoms with Crippen LogP contribution in [0.25, 0.3) is 10.4 Å². The van der Waals surface area contributed by atoms with Gasteiger partial charge in [0.2, 0.25) is 0 Å².